The van der Waals surface area contributed by atoms with Crippen molar-refractivity contribution < 1.29 is 22.7 Å². The van der Waals surface area contributed by atoms with Gasteiger partial charge in [0.15, 0.2) is 0 Å². The van der Waals surface area contributed by atoms with Crippen LogP contribution in [0.25, 0.3) is 0 Å². The number of pyridine rings is 1. The number of ether oxygens (including phenoxy) is 1. The zero-order chi connectivity index (χ0) is 14.8. The molecule has 2 aromatic rings. The quantitative estimate of drug-likeness (QED) is 0.941. The summed E-state index contributed by atoms with van der Waals surface area (Å²) in [5.41, 5.74) is 4.50. The molecule has 0 saturated heterocycles. The second-order valence-electron chi connectivity index (χ2n) is 3.87. The predicted molar refractivity (Wildman–Crippen MR) is 64.3 cm³/mol. The number of benzene rings is 1. The minimum atomic E-state index is -4.39. The molecule has 0 aliphatic rings. The highest BCUT2D eigenvalue weighted by Crippen LogP contribution is 2.31. The van der Waals surface area contributed by atoms with Crippen LogP contribution in [0.15, 0.2) is 42.6 Å². The monoisotopic (exact) mass is 282 g/mol. The number of nitrogens with zero attached hydrogens (tertiary/aromatic N) is 1. The molecule has 0 radical (unpaired) electrons. The summed E-state index contributed by atoms with van der Waals surface area (Å²) in [4.78, 5) is 14.7. The summed E-state index contributed by atoms with van der Waals surface area (Å²) in [5.74, 6) is -0.273. The Morgan fingerprint density at radius 2 is 1.75 bits per heavy atom. The minimum absolute atomic E-state index is 0.148. The first-order valence-corrected chi connectivity index (χ1v) is 5.47. The van der Waals surface area contributed by atoms with Crippen LogP contribution in [-0.2, 0) is 6.18 Å². The number of aromatic nitrogens is 1. The fourth-order valence-corrected chi connectivity index (χ4v) is 1.42. The number of rotatable bonds is 3. The van der Waals surface area contributed by atoms with Crippen molar-refractivity contribution in [3.63, 3.8) is 0 Å². The molecule has 1 aromatic heterocycles. The maximum atomic E-state index is 12.4. The summed E-state index contributed by atoms with van der Waals surface area (Å²) in [6.07, 6.45) is -3.17. The Bertz CT molecular complexity index is 607. The summed E-state index contributed by atoms with van der Waals surface area (Å²) in [5, 5.41) is 0. The van der Waals surface area contributed by atoms with Gasteiger partial charge in [0.1, 0.15) is 5.75 Å². The van der Waals surface area contributed by atoms with Crippen LogP contribution in [0, 0.1) is 0 Å². The number of hydrogen-bond acceptors (Lipinski definition) is 3. The third-order valence-electron chi connectivity index (χ3n) is 2.42. The second-order valence-corrected chi connectivity index (χ2v) is 3.87. The van der Waals surface area contributed by atoms with E-state index >= 15 is 0 Å². The first-order chi connectivity index (χ1) is 9.36. The molecule has 0 bridgehead atoms. The van der Waals surface area contributed by atoms with Crippen molar-refractivity contribution in [3.05, 3.63) is 53.7 Å². The van der Waals surface area contributed by atoms with E-state index in [1.807, 2.05) is 0 Å². The fourth-order valence-electron chi connectivity index (χ4n) is 1.42. The van der Waals surface area contributed by atoms with Gasteiger partial charge in [0.2, 0.25) is 11.8 Å². The normalized spacial score (nSPS) is 11.2. The molecule has 0 saturated carbocycles. The van der Waals surface area contributed by atoms with E-state index in [1.165, 1.54) is 30.5 Å². The van der Waals surface area contributed by atoms with Crippen molar-refractivity contribution in [2.24, 2.45) is 5.73 Å². The Balaban J connectivity index is 2.12. The van der Waals surface area contributed by atoms with E-state index in [4.69, 9.17) is 10.5 Å². The third-order valence-corrected chi connectivity index (χ3v) is 2.42. The molecule has 2 rings (SSSR count). The standard InChI is InChI=1S/C13H9F3N2O2/c14-13(15,16)9-2-4-10(5-3-9)20-11-6-1-8(7-18-11)12(17)19/h1-7H,(H2,17,19). The van der Waals surface area contributed by atoms with Gasteiger partial charge in [-0.25, -0.2) is 4.98 Å². The molecule has 0 unspecified atom stereocenters. The van der Waals surface area contributed by atoms with Crippen molar-refractivity contribution >= 4 is 5.91 Å². The Kier molecular flexibility index (Phi) is 3.60. The van der Waals surface area contributed by atoms with Gasteiger partial charge in [0.05, 0.1) is 11.1 Å². The van der Waals surface area contributed by atoms with Gasteiger partial charge in [0, 0.05) is 12.3 Å². The van der Waals surface area contributed by atoms with E-state index in [9.17, 15) is 18.0 Å². The molecule has 7 heteroatoms. The number of hydrogen-bond donors (Lipinski definition) is 1. The second kappa shape index (κ2) is 5.20. The van der Waals surface area contributed by atoms with Crippen LogP contribution in [0.1, 0.15) is 15.9 Å². The maximum absolute atomic E-state index is 12.4. The number of nitrogens with two attached hydrogens (primary N) is 1. The summed E-state index contributed by atoms with van der Waals surface area (Å²) >= 11 is 0. The van der Waals surface area contributed by atoms with Crippen LogP contribution in [0.3, 0.4) is 0 Å². The Morgan fingerprint density at radius 1 is 1.10 bits per heavy atom. The van der Waals surface area contributed by atoms with Crippen molar-refractivity contribution in [2.45, 2.75) is 6.18 Å². The lowest BCUT2D eigenvalue weighted by Gasteiger charge is -2.08. The number of amides is 1. The Hall–Kier alpha value is -2.57. The molecule has 2 N–H and O–H groups in total. The molecule has 1 amide bonds. The summed E-state index contributed by atoms with van der Waals surface area (Å²) < 4.78 is 42.4. The first-order valence-electron chi connectivity index (χ1n) is 5.47. The lowest BCUT2D eigenvalue weighted by molar-refractivity contribution is -0.137. The SMILES string of the molecule is NC(=O)c1ccc(Oc2ccc(C(F)(F)F)cc2)nc1. The van der Waals surface area contributed by atoms with E-state index in [-0.39, 0.29) is 17.2 Å². The van der Waals surface area contributed by atoms with Crippen molar-refractivity contribution in [3.8, 4) is 11.6 Å². The van der Waals surface area contributed by atoms with Crippen LogP contribution < -0.4 is 10.5 Å². The van der Waals surface area contributed by atoms with E-state index in [0.717, 1.165) is 12.1 Å². The molecule has 0 aliphatic carbocycles. The zero-order valence-corrected chi connectivity index (χ0v) is 10.0. The summed E-state index contributed by atoms with van der Waals surface area (Å²) in [6, 6.07) is 7.01. The summed E-state index contributed by atoms with van der Waals surface area (Å²) in [6.45, 7) is 0. The molecule has 4 nitrogen and oxygen atoms in total. The number of carbonyl (C=O) groups is 1. The van der Waals surface area contributed by atoms with Gasteiger partial charge >= 0.3 is 6.18 Å². The highest BCUT2D eigenvalue weighted by molar-refractivity contribution is 5.92. The van der Waals surface area contributed by atoms with E-state index in [2.05, 4.69) is 4.98 Å². The highest BCUT2D eigenvalue weighted by atomic mass is 19.4. The topological polar surface area (TPSA) is 65.2 Å². The molecular weight excluding hydrogens is 273 g/mol. The number of carbonyl (C=O) groups excluding carboxylic acids is 1. The largest absolute Gasteiger partial charge is 0.439 e. The Morgan fingerprint density at radius 3 is 2.20 bits per heavy atom. The molecule has 0 atom stereocenters. The van der Waals surface area contributed by atoms with Crippen LogP contribution in [-0.4, -0.2) is 10.9 Å². The molecular formula is C13H9F3N2O2. The Labute approximate surface area is 112 Å². The first kappa shape index (κ1) is 13.9. The number of halogens is 3. The maximum Gasteiger partial charge on any atom is 0.416 e. The van der Waals surface area contributed by atoms with Gasteiger partial charge in [-0.05, 0) is 30.3 Å². The van der Waals surface area contributed by atoms with Gasteiger partial charge in [-0.1, -0.05) is 0 Å². The molecule has 1 heterocycles. The van der Waals surface area contributed by atoms with E-state index in [1.54, 1.807) is 0 Å². The van der Waals surface area contributed by atoms with E-state index < -0.39 is 17.6 Å². The molecule has 0 spiro atoms. The average Bonchev–Trinajstić information content (AvgIpc) is 2.39. The zero-order valence-electron chi connectivity index (χ0n) is 10.0. The minimum Gasteiger partial charge on any atom is -0.439 e. The average molecular weight is 282 g/mol. The lowest BCUT2D eigenvalue weighted by Crippen LogP contribution is -2.10. The molecule has 104 valence electrons. The van der Waals surface area contributed by atoms with Crippen LogP contribution in [0.5, 0.6) is 11.6 Å². The molecule has 1 aromatic carbocycles. The summed E-state index contributed by atoms with van der Waals surface area (Å²) in [7, 11) is 0. The molecule has 0 aliphatic heterocycles. The highest BCUT2D eigenvalue weighted by Gasteiger charge is 2.30. The van der Waals surface area contributed by atoms with Crippen LogP contribution >= 0.6 is 0 Å². The number of alkyl halides is 3. The van der Waals surface area contributed by atoms with Gasteiger partial charge in [-0.15, -0.1) is 0 Å². The third kappa shape index (κ3) is 3.25. The predicted octanol–water partition coefficient (Wildman–Crippen LogP) is 2.99. The fraction of sp³-hybridized carbons (Fsp3) is 0.0769. The van der Waals surface area contributed by atoms with Gasteiger partial charge in [0.25, 0.3) is 0 Å². The van der Waals surface area contributed by atoms with Gasteiger partial charge < -0.3 is 10.5 Å². The van der Waals surface area contributed by atoms with Crippen molar-refractivity contribution in [1.82, 2.24) is 4.98 Å². The van der Waals surface area contributed by atoms with Crippen molar-refractivity contribution in [2.75, 3.05) is 0 Å². The van der Waals surface area contributed by atoms with Gasteiger partial charge in [-0.2, -0.15) is 13.2 Å². The smallest absolute Gasteiger partial charge is 0.416 e. The van der Waals surface area contributed by atoms with Crippen LogP contribution in [0.4, 0.5) is 13.2 Å². The lowest BCUT2D eigenvalue weighted by atomic mass is 10.2. The van der Waals surface area contributed by atoms with Crippen LogP contribution in [0.2, 0.25) is 0 Å². The number of primary amides is 1. The van der Waals surface area contributed by atoms with E-state index in [0.29, 0.717) is 0 Å². The van der Waals surface area contributed by atoms with Crippen molar-refractivity contribution in [1.29, 1.82) is 0 Å². The molecule has 20 heavy (non-hydrogen) atoms. The molecule has 0 fully saturated rings. The van der Waals surface area contributed by atoms with Gasteiger partial charge in [-0.3, -0.25) is 4.79 Å².